The smallest absolute Gasteiger partial charge is 0.310 e. The van der Waals surface area contributed by atoms with Gasteiger partial charge in [-0.1, -0.05) is 51.0 Å². The number of alkyl halides is 4. The van der Waals surface area contributed by atoms with Gasteiger partial charge < -0.3 is 4.74 Å². The Morgan fingerprint density at radius 2 is 1.50 bits per heavy atom. The summed E-state index contributed by atoms with van der Waals surface area (Å²) >= 11 is 0. The van der Waals surface area contributed by atoms with Gasteiger partial charge in [0.1, 0.15) is 6.17 Å². The van der Waals surface area contributed by atoms with Crippen LogP contribution < -0.4 is 0 Å². The second-order valence-corrected chi connectivity index (χ2v) is 8.20. The summed E-state index contributed by atoms with van der Waals surface area (Å²) in [4.78, 5) is 0. The summed E-state index contributed by atoms with van der Waals surface area (Å²) in [5.74, 6) is 0.683. The lowest BCUT2D eigenvalue weighted by molar-refractivity contribution is -0.291. The molecule has 1 aromatic rings. The number of hydrogen-bond donors (Lipinski definition) is 0. The molecule has 3 rings (SSSR count). The van der Waals surface area contributed by atoms with Gasteiger partial charge >= 0.3 is 6.11 Å². The van der Waals surface area contributed by atoms with Gasteiger partial charge in [-0.15, -0.1) is 0 Å². The molecule has 0 bridgehead atoms. The van der Waals surface area contributed by atoms with Crippen LogP contribution >= 0.6 is 0 Å². The van der Waals surface area contributed by atoms with E-state index in [1.54, 1.807) is 19.1 Å². The fourth-order valence-electron chi connectivity index (χ4n) is 4.19. The fraction of sp³-hybridized carbons (Fsp3) is 0.714. The zero-order valence-electron chi connectivity index (χ0n) is 15.4. The van der Waals surface area contributed by atoms with E-state index in [2.05, 4.69) is 6.92 Å². The van der Waals surface area contributed by atoms with E-state index in [0.29, 0.717) is 12.3 Å². The zero-order chi connectivity index (χ0) is 18.9. The van der Waals surface area contributed by atoms with Crippen LogP contribution in [0.4, 0.5) is 17.6 Å². The van der Waals surface area contributed by atoms with Gasteiger partial charge in [-0.25, -0.2) is 8.78 Å². The minimum Gasteiger partial charge on any atom is -0.310 e. The van der Waals surface area contributed by atoms with E-state index < -0.39 is 30.5 Å². The van der Waals surface area contributed by atoms with Crippen LogP contribution in [0.2, 0.25) is 0 Å². The van der Waals surface area contributed by atoms with Crippen molar-refractivity contribution >= 4 is 0 Å². The van der Waals surface area contributed by atoms with Gasteiger partial charge in [-0.3, -0.25) is 0 Å². The Labute approximate surface area is 156 Å². The highest BCUT2D eigenvalue weighted by Gasteiger charge is 2.45. The summed E-state index contributed by atoms with van der Waals surface area (Å²) in [7, 11) is 0. The normalized spacial score (nSPS) is 36.1. The monoisotopic (exact) mass is 376 g/mol. The lowest BCUT2D eigenvalue weighted by Crippen LogP contribution is -2.44. The largest absolute Gasteiger partial charge is 0.383 e. The van der Waals surface area contributed by atoms with Gasteiger partial charge in [0, 0.05) is 2.85 Å². The molecule has 3 unspecified atom stereocenters. The molecule has 4 atom stereocenters. The average Bonchev–Trinajstić information content (AvgIpc) is 2.63. The predicted molar refractivity (Wildman–Crippen MR) is 98.0 cm³/mol. The molecule has 150 valence electrons. The quantitative estimate of drug-likeness (QED) is 0.513. The van der Waals surface area contributed by atoms with Crippen molar-refractivity contribution in [2.24, 2.45) is 11.8 Å². The second kappa shape index (κ2) is 7.87. The minimum absolute atomic E-state index is 0. The first-order valence-electron chi connectivity index (χ1n) is 9.72. The molecule has 26 heavy (non-hydrogen) atoms. The van der Waals surface area contributed by atoms with Crippen molar-refractivity contribution in [1.82, 2.24) is 0 Å². The fourth-order valence-corrected chi connectivity index (χ4v) is 4.19. The van der Waals surface area contributed by atoms with Crippen molar-refractivity contribution in [2.75, 3.05) is 0 Å². The Hall–Kier alpha value is -1.10. The first-order chi connectivity index (χ1) is 12.3. The molecular weight excluding hydrogens is 344 g/mol. The number of ether oxygens (including phenoxy) is 1. The van der Waals surface area contributed by atoms with Gasteiger partial charge in [0.05, 0.1) is 11.7 Å². The highest BCUT2D eigenvalue weighted by atomic mass is 19.3. The molecule has 0 radical (unpaired) electrons. The van der Waals surface area contributed by atoms with Crippen LogP contribution in [0.5, 0.6) is 0 Å². The molecule has 0 saturated heterocycles. The molecular formula is C21H32F4O. The maximum absolute atomic E-state index is 14.5. The summed E-state index contributed by atoms with van der Waals surface area (Å²) in [6.45, 7) is 3.83. The number of benzene rings is 1. The van der Waals surface area contributed by atoms with E-state index in [-0.39, 0.29) is 14.8 Å². The summed E-state index contributed by atoms with van der Waals surface area (Å²) in [6, 6.07) is 6.17. The summed E-state index contributed by atoms with van der Waals surface area (Å²) in [5, 5.41) is 0. The van der Waals surface area contributed by atoms with Gasteiger partial charge in [-0.05, 0) is 49.0 Å². The van der Waals surface area contributed by atoms with Crippen LogP contribution in [0.1, 0.15) is 72.3 Å². The van der Waals surface area contributed by atoms with Crippen molar-refractivity contribution in [3.05, 3.63) is 35.4 Å². The van der Waals surface area contributed by atoms with Gasteiger partial charge in [0.15, 0.2) is 6.17 Å². The highest BCUT2D eigenvalue weighted by molar-refractivity contribution is 5.27. The van der Waals surface area contributed by atoms with Crippen LogP contribution in [0.3, 0.4) is 0 Å². The van der Waals surface area contributed by atoms with Crippen LogP contribution in [0, 0.1) is 11.8 Å². The Bertz CT molecular complexity index is 591. The molecule has 2 aliphatic rings. The predicted octanol–water partition coefficient (Wildman–Crippen LogP) is 7.01. The molecule has 0 heterocycles. The lowest BCUT2D eigenvalue weighted by Gasteiger charge is -2.35. The molecule has 0 N–H and O–H groups in total. The lowest BCUT2D eigenvalue weighted by atomic mass is 9.79. The van der Waals surface area contributed by atoms with E-state index in [4.69, 9.17) is 4.74 Å². The number of hydrogen-bond acceptors (Lipinski definition) is 1. The number of halogens is 4. The molecule has 2 saturated carbocycles. The molecule has 0 amide bonds. The van der Waals surface area contributed by atoms with E-state index in [9.17, 15) is 17.6 Å². The van der Waals surface area contributed by atoms with Crippen LogP contribution in [0.25, 0.3) is 0 Å². The third-order valence-electron chi connectivity index (χ3n) is 6.14. The Morgan fingerprint density at radius 1 is 0.885 bits per heavy atom. The Balaban J connectivity index is 0.00000196. The summed E-state index contributed by atoms with van der Waals surface area (Å²) in [6.07, 6.45) is -3.84. The van der Waals surface area contributed by atoms with Crippen LogP contribution in [-0.2, 0) is 10.8 Å². The van der Waals surface area contributed by atoms with E-state index >= 15 is 0 Å². The van der Waals surface area contributed by atoms with Crippen LogP contribution in [-0.4, -0.2) is 18.4 Å². The molecule has 0 spiro atoms. The highest BCUT2D eigenvalue weighted by Crippen LogP contribution is 2.40. The molecule has 5 heteroatoms. The molecule has 1 nitrogen and oxygen atoms in total. The topological polar surface area (TPSA) is 9.23 Å². The molecule has 2 fully saturated rings. The molecule has 0 aliphatic heterocycles. The van der Waals surface area contributed by atoms with Crippen molar-refractivity contribution in [2.45, 2.75) is 82.8 Å². The third-order valence-corrected chi connectivity index (χ3v) is 6.14. The maximum Gasteiger partial charge on any atom is 0.383 e. The zero-order valence-corrected chi connectivity index (χ0v) is 15.4. The average molecular weight is 376 g/mol. The third kappa shape index (κ3) is 4.24. The van der Waals surface area contributed by atoms with E-state index in [1.165, 1.54) is 12.1 Å². The first-order valence-corrected chi connectivity index (χ1v) is 9.72. The van der Waals surface area contributed by atoms with Gasteiger partial charge in [0.25, 0.3) is 0 Å². The Kier molecular flexibility index (Phi) is 5.95. The maximum atomic E-state index is 14.5. The van der Waals surface area contributed by atoms with Crippen molar-refractivity contribution in [3.63, 3.8) is 0 Å². The van der Waals surface area contributed by atoms with E-state index in [1.807, 2.05) is 0 Å². The number of rotatable bonds is 4. The van der Waals surface area contributed by atoms with Crippen molar-refractivity contribution in [3.8, 4) is 0 Å². The minimum atomic E-state index is -3.62. The van der Waals surface area contributed by atoms with Crippen molar-refractivity contribution in [1.29, 1.82) is 0 Å². The molecule has 0 aromatic heterocycles. The SMILES string of the molecule is CC1CCC(c2ccc(C(F)(F)OC3CC[C@@H](C)C(F)C3F)cc2)CC1.[HH].[HH]. The molecule has 2 aliphatic carbocycles. The van der Waals surface area contributed by atoms with Crippen molar-refractivity contribution < 1.29 is 25.2 Å². The van der Waals surface area contributed by atoms with Crippen LogP contribution in [0.15, 0.2) is 24.3 Å². The summed E-state index contributed by atoms with van der Waals surface area (Å²) in [5.41, 5.74) is 0.766. The molecule has 1 aromatic carbocycles. The standard InChI is InChI=1S/C21H28F4O.2H2/c1-13-3-6-15(7-4-13)16-8-10-17(11-9-16)21(24,25)26-18-12-5-14(2)19(22)20(18)23;;/h8-11,13-15,18-20H,3-7,12H2,1-2H3;2*1H/t13?,14-,15?,18?,19?,20?;;/m1../s1. The second-order valence-electron chi connectivity index (χ2n) is 8.20. The van der Waals surface area contributed by atoms with E-state index in [0.717, 1.165) is 37.2 Å². The Morgan fingerprint density at radius 3 is 2.12 bits per heavy atom. The summed E-state index contributed by atoms with van der Waals surface area (Å²) < 4.78 is 61.5. The van der Waals surface area contributed by atoms with Gasteiger partial charge in [-0.2, -0.15) is 8.78 Å². The first kappa shape index (κ1) is 19.7. The van der Waals surface area contributed by atoms with Gasteiger partial charge in [0.2, 0.25) is 0 Å².